The number of unbranched alkanes of at least 4 members (excludes halogenated alkanes) is 1. The molecule has 0 atom stereocenters. The molecule has 0 bridgehead atoms. The normalized spacial score (nSPS) is 19.9. The van der Waals surface area contributed by atoms with Crippen molar-refractivity contribution in [3.05, 3.63) is 6.61 Å². The van der Waals surface area contributed by atoms with Crippen molar-refractivity contribution >= 4 is 6.09 Å². The van der Waals surface area contributed by atoms with Crippen LogP contribution in [0.2, 0.25) is 0 Å². The van der Waals surface area contributed by atoms with Gasteiger partial charge in [0, 0.05) is 13.7 Å². The zero-order valence-corrected chi connectivity index (χ0v) is 13.0. The van der Waals surface area contributed by atoms with Gasteiger partial charge in [0.1, 0.15) is 5.72 Å². The third kappa shape index (κ3) is 5.00. The fourth-order valence-electron chi connectivity index (χ4n) is 2.17. The maximum absolute atomic E-state index is 12.1. The van der Waals surface area contributed by atoms with Crippen LogP contribution in [-0.4, -0.2) is 42.6 Å². The van der Waals surface area contributed by atoms with Gasteiger partial charge in [-0.3, -0.25) is 4.90 Å². The van der Waals surface area contributed by atoms with Crippen LogP contribution in [0.15, 0.2) is 0 Å². The van der Waals surface area contributed by atoms with Crippen molar-refractivity contribution in [1.29, 1.82) is 0 Å². The van der Waals surface area contributed by atoms with Crippen LogP contribution >= 0.6 is 0 Å². The molecule has 0 aromatic carbocycles. The monoisotopic (exact) mass is 265 g/mol. The Kier molecular flexibility index (Phi) is 7.45. The van der Waals surface area contributed by atoms with Gasteiger partial charge in [0.15, 0.2) is 0 Å². The molecule has 0 spiro atoms. The molecule has 0 aromatic heterocycles. The number of ether oxygens (including phenoxy) is 3. The van der Waals surface area contributed by atoms with Crippen LogP contribution in [0, 0.1) is 6.61 Å². The summed E-state index contributed by atoms with van der Waals surface area (Å²) in [5, 5.41) is 0. The topological polar surface area (TPSA) is 48.0 Å². The fraction of sp³-hybridized carbons (Fsp3) is 0.846. The Morgan fingerprint density at radius 1 is 1.37 bits per heavy atom. The molecule has 1 rings (SSSR count). The van der Waals surface area contributed by atoms with Gasteiger partial charge in [-0.05, 0) is 27.7 Å². The summed E-state index contributed by atoms with van der Waals surface area (Å²) in [5.74, 6) is 0. The molecule has 19 heavy (non-hydrogen) atoms. The molecule has 1 aliphatic rings. The Labute approximate surface area is 128 Å². The van der Waals surface area contributed by atoms with Crippen LogP contribution in [-0.2, 0) is 14.2 Å². The molecule has 0 aliphatic carbocycles. The van der Waals surface area contributed by atoms with E-state index in [0.29, 0.717) is 19.6 Å². The third-order valence-corrected chi connectivity index (χ3v) is 2.96. The smallest absolute Gasteiger partial charge is 0.621 e. The zero-order valence-electron chi connectivity index (χ0n) is 13.0. The van der Waals surface area contributed by atoms with E-state index in [-0.39, 0.29) is 30.5 Å². The maximum atomic E-state index is 12.1. The van der Waals surface area contributed by atoms with E-state index < -0.39 is 5.72 Å². The fourth-order valence-corrected chi connectivity index (χ4v) is 2.17. The molecule has 0 aromatic rings. The first kappa shape index (κ1) is 18.8. The van der Waals surface area contributed by atoms with Crippen molar-refractivity contribution in [3.63, 3.8) is 0 Å². The van der Waals surface area contributed by atoms with Crippen LogP contribution < -0.4 is 18.9 Å². The van der Waals surface area contributed by atoms with Crippen LogP contribution in [0.5, 0.6) is 0 Å². The van der Waals surface area contributed by atoms with E-state index in [4.69, 9.17) is 14.2 Å². The Morgan fingerprint density at radius 3 is 2.47 bits per heavy atom. The Morgan fingerprint density at radius 2 is 2.00 bits per heavy atom. The molecule has 106 valence electrons. The predicted molar refractivity (Wildman–Crippen MR) is 67.8 cm³/mol. The Bertz CT molecular complexity index is 278. The zero-order chi connectivity index (χ0) is 13.8. The standard InChI is InChI=1S/C13H24NO4.Li/c1-12(2)10-18-13(3,4)14(12)11(15)17-9-7-6-8-16-5;/h9H,6-8,10H2,1-5H3;/q-1;+1. The molecule has 0 radical (unpaired) electrons. The predicted octanol–water partition coefficient (Wildman–Crippen LogP) is -0.438. The van der Waals surface area contributed by atoms with Crippen LogP contribution in [0.1, 0.15) is 40.5 Å². The summed E-state index contributed by atoms with van der Waals surface area (Å²) in [7, 11) is 1.65. The van der Waals surface area contributed by atoms with Crippen molar-refractivity contribution in [3.8, 4) is 0 Å². The number of methoxy groups -OCH3 is 1. The van der Waals surface area contributed by atoms with E-state index >= 15 is 0 Å². The summed E-state index contributed by atoms with van der Waals surface area (Å²) in [6, 6.07) is 0. The minimum Gasteiger partial charge on any atom is -0.621 e. The van der Waals surface area contributed by atoms with Gasteiger partial charge in [0.2, 0.25) is 0 Å². The molecular weight excluding hydrogens is 241 g/mol. The van der Waals surface area contributed by atoms with Gasteiger partial charge >= 0.3 is 25.0 Å². The summed E-state index contributed by atoms with van der Waals surface area (Å²) in [5.41, 5.74) is -0.970. The molecule has 1 saturated heterocycles. The van der Waals surface area contributed by atoms with Crippen molar-refractivity contribution in [1.82, 2.24) is 4.90 Å². The largest absolute Gasteiger partial charge is 1.00 e. The maximum Gasteiger partial charge on any atom is 1.00 e. The quantitative estimate of drug-likeness (QED) is 0.384. The summed E-state index contributed by atoms with van der Waals surface area (Å²) in [4.78, 5) is 13.7. The molecule has 1 amide bonds. The SMILES string of the molecule is COCCC[CH-]OC(=O)N1C(C)(C)COC1(C)C.[Li+]. The van der Waals surface area contributed by atoms with Gasteiger partial charge in [-0.1, -0.05) is 6.42 Å². The van der Waals surface area contributed by atoms with E-state index in [1.165, 1.54) is 6.61 Å². The molecule has 0 saturated carbocycles. The number of nitrogens with zero attached hydrogens (tertiary/aromatic N) is 1. The summed E-state index contributed by atoms with van der Waals surface area (Å²) in [6.07, 6.45) is 1.17. The number of rotatable bonds is 5. The van der Waals surface area contributed by atoms with E-state index in [0.717, 1.165) is 6.42 Å². The number of amides is 1. The molecule has 0 unspecified atom stereocenters. The first-order chi connectivity index (χ1) is 8.31. The second-order valence-corrected chi connectivity index (χ2v) is 5.57. The van der Waals surface area contributed by atoms with Crippen molar-refractivity contribution in [2.24, 2.45) is 0 Å². The summed E-state index contributed by atoms with van der Waals surface area (Å²) < 4.78 is 15.7. The average molecular weight is 265 g/mol. The molecule has 1 fully saturated rings. The van der Waals surface area contributed by atoms with Crippen LogP contribution in [0.25, 0.3) is 0 Å². The average Bonchev–Trinajstić information content (AvgIpc) is 2.47. The van der Waals surface area contributed by atoms with Gasteiger partial charge in [-0.2, -0.15) is 6.61 Å². The molecule has 0 N–H and O–H groups in total. The van der Waals surface area contributed by atoms with Gasteiger partial charge in [-0.15, -0.1) is 6.42 Å². The van der Waals surface area contributed by atoms with E-state index in [1.54, 1.807) is 12.0 Å². The van der Waals surface area contributed by atoms with Gasteiger partial charge in [-0.25, -0.2) is 4.79 Å². The summed E-state index contributed by atoms with van der Waals surface area (Å²) in [6.45, 7) is 10.4. The number of hydrogen-bond donors (Lipinski definition) is 0. The van der Waals surface area contributed by atoms with Crippen LogP contribution in [0.4, 0.5) is 4.79 Å². The molecule has 1 heterocycles. The van der Waals surface area contributed by atoms with Gasteiger partial charge in [0.05, 0.1) is 12.1 Å². The third-order valence-electron chi connectivity index (χ3n) is 2.96. The molecule has 5 nitrogen and oxygen atoms in total. The van der Waals surface area contributed by atoms with E-state index in [9.17, 15) is 4.79 Å². The van der Waals surface area contributed by atoms with Crippen molar-refractivity contribution < 1.29 is 37.9 Å². The van der Waals surface area contributed by atoms with Crippen molar-refractivity contribution in [2.75, 3.05) is 20.3 Å². The Hall–Kier alpha value is -0.213. The second kappa shape index (κ2) is 7.54. The molecule has 1 aliphatic heterocycles. The summed E-state index contributed by atoms with van der Waals surface area (Å²) >= 11 is 0. The van der Waals surface area contributed by atoms with Crippen LogP contribution in [0.3, 0.4) is 0 Å². The first-order valence-electron chi connectivity index (χ1n) is 6.27. The first-order valence-corrected chi connectivity index (χ1v) is 6.27. The minimum atomic E-state index is -0.624. The molecule has 6 heteroatoms. The van der Waals surface area contributed by atoms with Gasteiger partial charge in [0.25, 0.3) is 0 Å². The molecular formula is C13H24LiNO4. The minimum absolute atomic E-state index is 0. The van der Waals surface area contributed by atoms with Gasteiger partial charge < -0.3 is 14.2 Å². The Balaban J connectivity index is 0.00000324. The van der Waals surface area contributed by atoms with Crippen molar-refractivity contribution in [2.45, 2.75) is 51.8 Å². The number of carbonyl (C=O) groups is 1. The van der Waals surface area contributed by atoms with E-state index in [2.05, 4.69) is 0 Å². The second-order valence-electron chi connectivity index (χ2n) is 5.57. The number of carbonyl (C=O) groups excluding carboxylic acids is 1. The van der Waals surface area contributed by atoms with E-state index in [1.807, 2.05) is 27.7 Å². The number of hydrogen-bond acceptors (Lipinski definition) is 4.